The summed E-state index contributed by atoms with van der Waals surface area (Å²) < 4.78 is 0. The van der Waals surface area contributed by atoms with E-state index in [1.807, 2.05) is 37.3 Å². The minimum absolute atomic E-state index is 0.0749. The van der Waals surface area contributed by atoms with Gasteiger partial charge in [-0.2, -0.15) is 0 Å². The minimum atomic E-state index is -0.292. The van der Waals surface area contributed by atoms with Crippen LogP contribution < -0.4 is 5.32 Å². The summed E-state index contributed by atoms with van der Waals surface area (Å²) in [7, 11) is 0. The number of pyridine rings is 1. The zero-order chi connectivity index (χ0) is 16.5. The molecule has 2 heterocycles. The molecule has 0 radical (unpaired) electrons. The van der Waals surface area contributed by atoms with Gasteiger partial charge >= 0.3 is 0 Å². The quantitative estimate of drug-likeness (QED) is 0.697. The molecule has 1 saturated carbocycles. The molecule has 1 aliphatic carbocycles. The number of carbonyl (C=O) groups excluding carboxylic acids is 1. The maximum Gasteiger partial charge on any atom is 0.237 e. The molecular weight excluding hydrogens is 322 g/mol. The Kier molecular flexibility index (Phi) is 3.93. The molecule has 3 aromatic rings. The molecule has 0 bridgehead atoms. The fraction of sp³-hybridized carbons (Fsp3) is 0.294. The molecule has 24 heavy (non-hydrogen) atoms. The Morgan fingerprint density at radius 1 is 1.33 bits per heavy atom. The molecule has 0 saturated heterocycles. The van der Waals surface area contributed by atoms with E-state index < -0.39 is 0 Å². The summed E-state index contributed by atoms with van der Waals surface area (Å²) in [6, 6.07) is 9.52. The van der Waals surface area contributed by atoms with Crippen LogP contribution in [0.1, 0.15) is 31.5 Å². The highest BCUT2D eigenvalue weighted by Crippen LogP contribution is 2.38. The molecule has 1 aromatic carbocycles. The van der Waals surface area contributed by atoms with Gasteiger partial charge in [0.05, 0.1) is 16.5 Å². The van der Waals surface area contributed by atoms with E-state index in [0.717, 1.165) is 22.4 Å². The lowest BCUT2D eigenvalue weighted by atomic mass is 10.2. The molecule has 1 atom stereocenters. The molecule has 2 N–H and O–H groups in total. The maximum absolute atomic E-state index is 12.5. The third kappa shape index (κ3) is 3.12. The van der Waals surface area contributed by atoms with Crippen LogP contribution in [0.5, 0.6) is 0 Å². The first-order valence-electron chi connectivity index (χ1n) is 7.94. The van der Waals surface area contributed by atoms with Crippen molar-refractivity contribution in [2.75, 3.05) is 5.32 Å². The van der Waals surface area contributed by atoms with Crippen LogP contribution in [0.2, 0.25) is 0 Å². The normalized spacial score (nSPS) is 15.4. The van der Waals surface area contributed by atoms with Crippen molar-refractivity contribution in [3.8, 4) is 0 Å². The highest BCUT2D eigenvalue weighted by Gasteiger charge is 2.28. The first-order valence-corrected chi connectivity index (χ1v) is 8.82. The second-order valence-electron chi connectivity index (χ2n) is 5.90. The summed E-state index contributed by atoms with van der Waals surface area (Å²) in [4.78, 5) is 21.3. The van der Waals surface area contributed by atoms with Crippen molar-refractivity contribution in [2.24, 2.45) is 0 Å². The van der Waals surface area contributed by atoms with Gasteiger partial charge in [0.2, 0.25) is 11.1 Å². The van der Waals surface area contributed by atoms with Crippen LogP contribution in [0.25, 0.3) is 10.9 Å². The molecule has 1 fully saturated rings. The van der Waals surface area contributed by atoms with Gasteiger partial charge in [0, 0.05) is 17.5 Å². The van der Waals surface area contributed by atoms with Gasteiger partial charge in [-0.15, -0.1) is 5.10 Å². The number of aromatic amines is 1. The largest absolute Gasteiger partial charge is 0.324 e. The lowest BCUT2D eigenvalue weighted by Gasteiger charge is -2.12. The Bertz CT molecular complexity index is 884. The Balaban J connectivity index is 1.46. The minimum Gasteiger partial charge on any atom is -0.324 e. The van der Waals surface area contributed by atoms with Crippen molar-refractivity contribution in [1.29, 1.82) is 0 Å². The third-order valence-electron chi connectivity index (χ3n) is 4.00. The number of fused-ring (bicyclic) bond motifs is 1. The maximum atomic E-state index is 12.5. The monoisotopic (exact) mass is 339 g/mol. The number of hydrogen-bond acceptors (Lipinski definition) is 5. The third-order valence-corrected chi connectivity index (χ3v) is 4.96. The van der Waals surface area contributed by atoms with E-state index in [1.165, 1.54) is 24.6 Å². The molecule has 2 aromatic heterocycles. The van der Waals surface area contributed by atoms with Gasteiger partial charge in [0.15, 0.2) is 0 Å². The van der Waals surface area contributed by atoms with Crippen molar-refractivity contribution >= 4 is 34.3 Å². The lowest BCUT2D eigenvalue weighted by molar-refractivity contribution is -0.115. The topological polar surface area (TPSA) is 83.6 Å². The van der Waals surface area contributed by atoms with Gasteiger partial charge in [-0.1, -0.05) is 17.8 Å². The number of amides is 1. The molecule has 0 aliphatic heterocycles. The van der Waals surface area contributed by atoms with Gasteiger partial charge in [0.25, 0.3) is 0 Å². The van der Waals surface area contributed by atoms with Crippen LogP contribution >= 0.6 is 11.8 Å². The second-order valence-corrected chi connectivity index (χ2v) is 7.21. The Labute approximate surface area is 143 Å². The summed E-state index contributed by atoms with van der Waals surface area (Å²) in [5, 5.41) is 11.4. The fourth-order valence-electron chi connectivity index (χ4n) is 2.51. The molecule has 7 heteroatoms. The number of carbonyl (C=O) groups is 1. The second kappa shape index (κ2) is 6.24. The zero-order valence-corrected chi connectivity index (χ0v) is 14.0. The number of anilines is 1. The summed E-state index contributed by atoms with van der Waals surface area (Å²) in [6.07, 6.45) is 4.09. The predicted molar refractivity (Wildman–Crippen MR) is 94.0 cm³/mol. The number of nitrogens with zero attached hydrogens (tertiary/aromatic N) is 3. The van der Waals surface area contributed by atoms with Crippen LogP contribution in [0, 0.1) is 0 Å². The molecule has 4 rings (SSSR count). The lowest BCUT2D eigenvalue weighted by Crippen LogP contribution is -2.22. The van der Waals surface area contributed by atoms with Crippen molar-refractivity contribution in [3.05, 3.63) is 42.4 Å². The molecule has 1 amide bonds. The van der Waals surface area contributed by atoms with Crippen molar-refractivity contribution in [3.63, 3.8) is 0 Å². The van der Waals surface area contributed by atoms with Crippen LogP contribution in [0.15, 0.2) is 41.7 Å². The predicted octanol–water partition coefficient (Wildman–Crippen LogP) is 3.35. The number of benzene rings is 1. The average Bonchev–Trinajstić information content (AvgIpc) is 3.35. The summed E-state index contributed by atoms with van der Waals surface area (Å²) >= 11 is 1.36. The summed E-state index contributed by atoms with van der Waals surface area (Å²) in [5.74, 6) is 1.39. The van der Waals surface area contributed by atoms with Gasteiger partial charge in [-0.25, -0.2) is 4.98 Å². The van der Waals surface area contributed by atoms with E-state index in [9.17, 15) is 4.79 Å². The van der Waals surface area contributed by atoms with E-state index in [4.69, 9.17) is 0 Å². The van der Waals surface area contributed by atoms with Crippen molar-refractivity contribution in [2.45, 2.75) is 36.1 Å². The summed E-state index contributed by atoms with van der Waals surface area (Å²) in [6.45, 7) is 1.86. The standard InChI is InChI=1S/C17H17N5OS/c1-10(24-17-20-15(21-22-17)11-7-8-11)16(23)19-14-6-2-5-13-12(14)4-3-9-18-13/h2-6,9-11H,7-8H2,1H3,(H,19,23)(H,20,21,22). The Morgan fingerprint density at radius 2 is 2.21 bits per heavy atom. The van der Waals surface area contributed by atoms with E-state index >= 15 is 0 Å². The Hall–Kier alpha value is -2.41. The number of thioether (sulfide) groups is 1. The first kappa shape index (κ1) is 15.1. The van der Waals surface area contributed by atoms with Crippen molar-refractivity contribution < 1.29 is 4.79 Å². The number of hydrogen-bond donors (Lipinski definition) is 2. The van der Waals surface area contributed by atoms with Crippen LogP contribution in [-0.2, 0) is 4.79 Å². The van der Waals surface area contributed by atoms with Gasteiger partial charge in [0.1, 0.15) is 5.82 Å². The van der Waals surface area contributed by atoms with E-state index in [0.29, 0.717) is 11.1 Å². The van der Waals surface area contributed by atoms with Crippen LogP contribution in [-0.4, -0.2) is 31.3 Å². The van der Waals surface area contributed by atoms with Crippen LogP contribution in [0.3, 0.4) is 0 Å². The summed E-state index contributed by atoms with van der Waals surface area (Å²) in [5.41, 5.74) is 1.63. The number of rotatable bonds is 5. The number of H-pyrrole nitrogens is 1. The average molecular weight is 339 g/mol. The van der Waals surface area contributed by atoms with Crippen molar-refractivity contribution in [1.82, 2.24) is 20.2 Å². The molecule has 122 valence electrons. The number of aromatic nitrogens is 4. The van der Waals surface area contributed by atoms with E-state index in [-0.39, 0.29) is 11.2 Å². The smallest absolute Gasteiger partial charge is 0.237 e. The molecule has 1 aliphatic rings. The van der Waals surface area contributed by atoms with Crippen LogP contribution in [0.4, 0.5) is 5.69 Å². The molecule has 1 unspecified atom stereocenters. The fourth-order valence-corrected chi connectivity index (χ4v) is 3.24. The highest BCUT2D eigenvalue weighted by atomic mass is 32.2. The number of nitrogens with one attached hydrogen (secondary N) is 2. The highest BCUT2D eigenvalue weighted by molar-refractivity contribution is 8.00. The van der Waals surface area contributed by atoms with Gasteiger partial charge in [-0.3, -0.25) is 14.9 Å². The Morgan fingerprint density at radius 3 is 3.04 bits per heavy atom. The zero-order valence-electron chi connectivity index (χ0n) is 13.2. The molecule has 6 nitrogen and oxygen atoms in total. The SMILES string of the molecule is CC(Sc1n[nH]c(C2CC2)n1)C(=O)Nc1cccc2ncccc12. The van der Waals surface area contributed by atoms with Gasteiger partial charge < -0.3 is 5.32 Å². The van der Waals surface area contributed by atoms with E-state index in [2.05, 4.69) is 25.5 Å². The molecular formula is C17H17N5OS. The van der Waals surface area contributed by atoms with E-state index in [1.54, 1.807) is 6.20 Å². The molecule has 0 spiro atoms. The first-order chi connectivity index (χ1) is 11.7. The van der Waals surface area contributed by atoms with Gasteiger partial charge in [-0.05, 0) is 44.0 Å².